The first kappa shape index (κ1) is 19.7. The molecule has 0 spiro atoms. The average molecular weight is 386 g/mol. The zero-order chi connectivity index (χ0) is 19.2. The van der Waals surface area contributed by atoms with E-state index in [1.54, 1.807) is 0 Å². The van der Waals surface area contributed by atoms with Gasteiger partial charge < -0.3 is 9.80 Å². The van der Waals surface area contributed by atoms with Gasteiger partial charge in [0.2, 0.25) is 5.91 Å². The Bertz CT molecular complexity index is 742. The highest BCUT2D eigenvalue weighted by atomic mass is 35.5. The van der Waals surface area contributed by atoms with Crippen molar-refractivity contribution in [2.24, 2.45) is 0 Å². The second-order valence-electron chi connectivity index (χ2n) is 7.34. The van der Waals surface area contributed by atoms with Crippen LogP contribution in [0.1, 0.15) is 19.4 Å². The fourth-order valence-electron chi connectivity index (χ4n) is 3.46. The van der Waals surface area contributed by atoms with E-state index in [1.807, 2.05) is 41.3 Å². The highest BCUT2D eigenvalue weighted by molar-refractivity contribution is 6.30. The van der Waals surface area contributed by atoms with Crippen LogP contribution >= 0.6 is 11.6 Å². The first-order chi connectivity index (χ1) is 13.0. The van der Waals surface area contributed by atoms with Crippen molar-refractivity contribution in [1.82, 2.24) is 9.80 Å². The van der Waals surface area contributed by atoms with Gasteiger partial charge in [0.25, 0.3) is 0 Å². The molecule has 5 heteroatoms. The quantitative estimate of drug-likeness (QED) is 0.754. The van der Waals surface area contributed by atoms with Gasteiger partial charge in [0, 0.05) is 49.5 Å². The van der Waals surface area contributed by atoms with Gasteiger partial charge in [-0.25, -0.2) is 0 Å². The van der Waals surface area contributed by atoms with Crippen molar-refractivity contribution in [2.75, 3.05) is 37.6 Å². The van der Waals surface area contributed by atoms with E-state index in [0.717, 1.165) is 36.9 Å². The molecule has 0 atom stereocenters. The molecule has 0 saturated carbocycles. The zero-order valence-corrected chi connectivity index (χ0v) is 16.9. The molecule has 1 fully saturated rings. The van der Waals surface area contributed by atoms with E-state index in [4.69, 9.17) is 11.6 Å². The average Bonchev–Trinajstić information content (AvgIpc) is 2.67. The van der Waals surface area contributed by atoms with E-state index in [0.29, 0.717) is 13.1 Å². The van der Waals surface area contributed by atoms with Crippen LogP contribution in [-0.2, 0) is 11.3 Å². The molecule has 1 saturated heterocycles. The second-order valence-corrected chi connectivity index (χ2v) is 7.78. The number of amides is 1. The summed E-state index contributed by atoms with van der Waals surface area (Å²) >= 11 is 6.11. The lowest BCUT2D eigenvalue weighted by atomic mass is 10.2. The minimum absolute atomic E-state index is 0.186. The third-order valence-corrected chi connectivity index (χ3v) is 5.28. The molecule has 2 aromatic carbocycles. The Labute approximate surface area is 167 Å². The van der Waals surface area contributed by atoms with Crippen LogP contribution in [0.5, 0.6) is 0 Å². The monoisotopic (exact) mass is 385 g/mol. The molecule has 27 heavy (non-hydrogen) atoms. The van der Waals surface area contributed by atoms with Crippen molar-refractivity contribution in [3.8, 4) is 0 Å². The highest BCUT2D eigenvalue weighted by Gasteiger charge is 2.23. The summed E-state index contributed by atoms with van der Waals surface area (Å²) in [4.78, 5) is 19.5. The fourth-order valence-corrected chi connectivity index (χ4v) is 3.64. The van der Waals surface area contributed by atoms with E-state index < -0.39 is 0 Å². The van der Waals surface area contributed by atoms with Crippen LogP contribution in [-0.4, -0.2) is 54.5 Å². The van der Waals surface area contributed by atoms with E-state index in [2.05, 4.69) is 41.8 Å². The van der Waals surface area contributed by atoms with Crippen molar-refractivity contribution in [2.45, 2.75) is 26.4 Å². The van der Waals surface area contributed by atoms with Gasteiger partial charge in [-0.15, -0.1) is 0 Å². The molecule has 0 radical (unpaired) electrons. The molecule has 0 bridgehead atoms. The van der Waals surface area contributed by atoms with Gasteiger partial charge in [-0.05, 0) is 37.6 Å². The van der Waals surface area contributed by atoms with Crippen LogP contribution in [0.3, 0.4) is 0 Å². The molecule has 2 aromatic rings. The van der Waals surface area contributed by atoms with Crippen molar-refractivity contribution >= 4 is 23.2 Å². The van der Waals surface area contributed by atoms with Crippen LogP contribution in [0, 0.1) is 0 Å². The number of hydrogen-bond acceptors (Lipinski definition) is 3. The molecule has 0 aromatic heterocycles. The smallest absolute Gasteiger partial charge is 0.237 e. The topological polar surface area (TPSA) is 26.8 Å². The maximum absolute atomic E-state index is 12.9. The third kappa shape index (κ3) is 5.47. The van der Waals surface area contributed by atoms with Gasteiger partial charge in [-0.1, -0.05) is 48.0 Å². The Morgan fingerprint density at radius 1 is 1.04 bits per heavy atom. The lowest BCUT2D eigenvalue weighted by Gasteiger charge is -2.37. The Hall–Kier alpha value is -2.04. The van der Waals surface area contributed by atoms with Gasteiger partial charge in [-0.2, -0.15) is 0 Å². The third-order valence-electron chi connectivity index (χ3n) is 5.04. The standard InChI is InChI=1S/C22H28ClN3O/c1-18(2)26(16-19-7-4-3-5-8-19)22(27)17-24-11-13-25(14-12-24)21-10-6-9-20(23)15-21/h3-10,15,18H,11-14,16-17H2,1-2H3. The minimum atomic E-state index is 0.186. The van der Waals surface area contributed by atoms with Crippen LogP contribution in [0.2, 0.25) is 5.02 Å². The Kier molecular flexibility index (Phi) is 6.75. The fraction of sp³-hybridized carbons (Fsp3) is 0.409. The van der Waals surface area contributed by atoms with Gasteiger partial charge >= 0.3 is 0 Å². The van der Waals surface area contributed by atoms with Crippen molar-refractivity contribution in [1.29, 1.82) is 0 Å². The summed E-state index contributed by atoms with van der Waals surface area (Å²) in [5.74, 6) is 0.199. The van der Waals surface area contributed by atoms with Crippen LogP contribution in [0.25, 0.3) is 0 Å². The maximum Gasteiger partial charge on any atom is 0.237 e. The number of benzene rings is 2. The van der Waals surface area contributed by atoms with Crippen molar-refractivity contribution in [3.05, 3.63) is 65.2 Å². The normalized spacial score (nSPS) is 15.2. The molecule has 1 heterocycles. The lowest BCUT2D eigenvalue weighted by Crippen LogP contribution is -2.51. The number of hydrogen-bond donors (Lipinski definition) is 0. The molecule has 1 aliphatic rings. The predicted octanol–water partition coefficient (Wildman–Crippen LogP) is 3.90. The Morgan fingerprint density at radius 2 is 1.74 bits per heavy atom. The Morgan fingerprint density at radius 3 is 2.37 bits per heavy atom. The summed E-state index contributed by atoms with van der Waals surface area (Å²) in [6.45, 7) is 8.90. The second kappa shape index (κ2) is 9.25. The summed E-state index contributed by atoms with van der Waals surface area (Å²) in [5, 5.41) is 0.763. The number of anilines is 1. The van der Waals surface area contributed by atoms with Gasteiger partial charge in [0.15, 0.2) is 0 Å². The van der Waals surface area contributed by atoms with E-state index in [1.165, 1.54) is 5.56 Å². The first-order valence-corrected chi connectivity index (χ1v) is 9.97. The minimum Gasteiger partial charge on any atom is -0.369 e. The number of piperazine rings is 1. The summed E-state index contributed by atoms with van der Waals surface area (Å²) < 4.78 is 0. The number of carbonyl (C=O) groups is 1. The molecule has 0 N–H and O–H groups in total. The Balaban J connectivity index is 1.54. The number of carbonyl (C=O) groups excluding carboxylic acids is 1. The van der Waals surface area contributed by atoms with Crippen LogP contribution in [0.4, 0.5) is 5.69 Å². The molecule has 0 unspecified atom stereocenters. The van der Waals surface area contributed by atoms with E-state index in [9.17, 15) is 4.79 Å². The summed E-state index contributed by atoms with van der Waals surface area (Å²) in [6.07, 6.45) is 0. The van der Waals surface area contributed by atoms with Gasteiger partial charge in [0.05, 0.1) is 6.54 Å². The number of halogens is 1. The number of rotatable bonds is 6. The zero-order valence-electron chi connectivity index (χ0n) is 16.1. The molecule has 4 nitrogen and oxygen atoms in total. The van der Waals surface area contributed by atoms with Gasteiger partial charge in [0.1, 0.15) is 0 Å². The van der Waals surface area contributed by atoms with Gasteiger partial charge in [-0.3, -0.25) is 9.69 Å². The van der Waals surface area contributed by atoms with E-state index >= 15 is 0 Å². The van der Waals surface area contributed by atoms with Crippen molar-refractivity contribution in [3.63, 3.8) is 0 Å². The molecule has 144 valence electrons. The lowest BCUT2D eigenvalue weighted by molar-refractivity contribution is -0.134. The molecule has 3 rings (SSSR count). The SMILES string of the molecule is CC(C)N(Cc1ccccc1)C(=O)CN1CCN(c2cccc(Cl)c2)CC1. The molecular formula is C22H28ClN3O. The summed E-state index contributed by atoms with van der Waals surface area (Å²) in [5.41, 5.74) is 2.33. The predicted molar refractivity (Wildman–Crippen MR) is 112 cm³/mol. The molecule has 1 amide bonds. The van der Waals surface area contributed by atoms with E-state index in [-0.39, 0.29) is 11.9 Å². The first-order valence-electron chi connectivity index (χ1n) is 9.59. The molecule has 0 aliphatic carbocycles. The maximum atomic E-state index is 12.9. The highest BCUT2D eigenvalue weighted by Crippen LogP contribution is 2.21. The molecular weight excluding hydrogens is 358 g/mol. The largest absolute Gasteiger partial charge is 0.369 e. The summed E-state index contributed by atoms with van der Waals surface area (Å²) in [6, 6.07) is 18.4. The number of nitrogens with zero attached hydrogens (tertiary/aromatic N) is 3. The molecule has 1 aliphatic heterocycles. The van der Waals surface area contributed by atoms with Crippen molar-refractivity contribution < 1.29 is 4.79 Å². The van der Waals surface area contributed by atoms with Crippen LogP contribution < -0.4 is 4.90 Å². The van der Waals surface area contributed by atoms with Crippen LogP contribution in [0.15, 0.2) is 54.6 Å². The summed E-state index contributed by atoms with van der Waals surface area (Å²) in [7, 11) is 0.